The minimum Gasteiger partial charge on any atom is -0.337 e. The highest BCUT2D eigenvalue weighted by Gasteiger charge is 2.25. The average molecular weight is 477 g/mol. The van der Waals surface area contributed by atoms with Crippen molar-refractivity contribution in [2.24, 2.45) is 4.40 Å². The molecule has 0 N–H and O–H groups in total. The Labute approximate surface area is 189 Å². The number of sulfonamides is 1. The molecule has 10 heteroatoms. The summed E-state index contributed by atoms with van der Waals surface area (Å²) in [5.74, 6) is -0.304. The molecule has 2 aromatic carbocycles. The summed E-state index contributed by atoms with van der Waals surface area (Å²) in [7, 11) is -4.00. The SMILES string of the molecule is Cc1ccc(S(=O)(=O)N=c2sn(-c3ccc(Cl)cc3)nc2C(=O)N2CCCCC2)cc1. The van der Waals surface area contributed by atoms with E-state index in [1.165, 1.54) is 16.2 Å². The Morgan fingerprint density at radius 2 is 1.68 bits per heavy atom. The van der Waals surface area contributed by atoms with Gasteiger partial charge in [-0.05, 0) is 74.1 Å². The van der Waals surface area contributed by atoms with E-state index in [-0.39, 0.29) is 21.2 Å². The molecule has 1 aliphatic heterocycles. The van der Waals surface area contributed by atoms with Crippen LogP contribution in [0.2, 0.25) is 5.02 Å². The average Bonchev–Trinajstić information content (AvgIpc) is 3.17. The highest BCUT2D eigenvalue weighted by Crippen LogP contribution is 2.17. The highest BCUT2D eigenvalue weighted by molar-refractivity contribution is 7.90. The predicted molar refractivity (Wildman–Crippen MR) is 120 cm³/mol. The van der Waals surface area contributed by atoms with Crippen molar-refractivity contribution >= 4 is 39.1 Å². The monoisotopic (exact) mass is 476 g/mol. The second kappa shape index (κ2) is 8.94. The number of carbonyl (C=O) groups is 1. The quantitative estimate of drug-likeness (QED) is 0.573. The Kier molecular flexibility index (Phi) is 6.27. The lowest BCUT2D eigenvalue weighted by molar-refractivity contribution is 0.0716. The van der Waals surface area contributed by atoms with Crippen molar-refractivity contribution in [3.63, 3.8) is 0 Å². The lowest BCUT2D eigenvalue weighted by Gasteiger charge is -2.25. The number of hydrogen-bond acceptors (Lipinski definition) is 5. The molecule has 0 atom stereocenters. The maximum absolute atomic E-state index is 13.2. The van der Waals surface area contributed by atoms with E-state index in [0.29, 0.717) is 23.8 Å². The minimum atomic E-state index is -4.00. The first-order valence-corrected chi connectivity index (χ1v) is 12.5. The van der Waals surface area contributed by atoms with Gasteiger partial charge in [0.1, 0.15) is 0 Å². The molecule has 0 bridgehead atoms. The van der Waals surface area contributed by atoms with Crippen LogP contribution in [0.4, 0.5) is 0 Å². The summed E-state index contributed by atoms with van der Waals surface area (Å²) >= 11 is 6.97. The summed E-state index contributed by atoms with van der Waals surface area (Å²) in [5, 5.41) is 4.99. The highest BCUT2D eigenvalue weighted by atomic mass is 35.5. The molecule has 0 saturated carbocycles. The Balaban J connectivity index is 1.82. The van der Waals surface area contributed by atoms with Gasteiger partial charge < -0.3 is 4.90 Å². The Bertz CT molecular complexity index is 1260. The van der Waals surface area contributed by atoms with Gasteiger partial charge in [0.15, 0.2) is 10.4 Å². The number of amides is 1. The standard InChI is InChI=1S/C21H21ClN4O3S2/c1-15-5-11-18(12-6-15)31(28,29)24-20-19(21(27)25-13-3-2-4-14-25)23-26(30-20)17-9-7-16(22)8-10-17/h5-12H,2-4,13-14H2,1H3. The number of carbonyl (C=O) groups excluding carboxylic acids is 1. The molecule has 0 radical (unpaired) electrons. The number of benzene rings is 2. The van der Waals surface area contributed by atoms with Crippen molar-refractivity contribution in [2.75, 3.05) is 13.1 Å². The van der Waals surface area contributed by atoms with E-state index >= 15 is 0 Å². The van der Waals surface area contributed by atoms with Crippen molar-refractivity contribution in [2.45, 2.75) is 31.1 Å². The molecule has 3 aromatic rings. The van der Waals surface area contributed by atoms with Crippen LogP contribution in [0.5, 0.6) is 0 Å². The molecular weight excluding hydrogens is 456 g/mol. The van der Waals surface area contributed by atoms with Gasteiger partial charge in [0.05, 0.1) is 10.6 Å². The zero-order valence-electron chi connectivity index (χ0n) is 16.9. The van der Waals surface area contributed by atoms with E-state index in [9.17, 15) is 13.2 Å². The summed E-state index contributed by atoms with van der Waals surface area (Å²) in [5.41, 5.74) is 1.65. The number of halogens is 1. The van der Waals surface area contributed by atoms with Crippen LogP contribution in [0.1, 0.15) is 35.3 Å². The summed E-state index contributed by atoms with van der Waals surface area (Å²) in [6.45, 7) is 3.13. The largest absolute Gasteiger partial charge is 0.337 e. The van der Waals surface area contributed by atoms with Gasteiger partial charge in [0.2, 0.25) is 0 Å². The first-order valence-electron chi connectivity index (χ1n) is 9.87. The molecule has 7 nitrogen and oxygen atoms in total. The van der Waals surface area contributed by atoms with Gasteiger partial charge in [-0.2, -0.15) is 12.5 Å². The minimum absolute atomic E-state index is 0.0394. The third kappa shape index (κ3) is 4.89. The Morgan fingerprint density at radius 3 is 2.32 bits per heavy atom. The number of aromatic nitrogens is 2. The maximum atomic E-state index is 13.2. The van der Waals surface area contributed by atoms with E-state index in [0.717, 1.165) is 36.4 Å². The molecule has 0 spiro atoms. The van der Waals surface area contributed by atoms with Gasteiger partial charge in [-0.15, -0.1) is 9.50 Å². The fraction of sp³-hybridized carbons (Fsp3) is 0.286. The van der Waals surface area contributed by atoms with Crippen LogP contribution < -0.4 is 4.67 Å². The first kappa shape index (κ1) is 21.7. The first-order chi connectivity index (χ1) is 14.8. The third-order valence-electron chi connectivity index (χ3n) is 4.98. The van der Waals surface area contributed by atoms with Crippen LogP contribution in [-0.2, 0) is 10.0 Å². The van der Waals surface area contributed by atoms with Crippen LogP contribution in [-0.4, -0.2) is 41.5 Å². The number of hydrogen-bond donors (Lipinski definition) is 0. The van der Waals surface area contributed by atoms with Gasteiger partial charge in [0.25, 0.3) is 15.9 Å². The van der Waals surface area contributed by atoms with Gasteiger partial charge in [0, 0.05) is 18.1 Å². The normalized spacial score (nSPS) is 15.3. The number of rotatable bonds is 4. The molecule has 2 heterocycles. The topological polar surface area (TPSA) is 84.6 Å². The molecule has 0 aliphatic carbocycles. The maximum Gasteiger partial charge on any atom is 0.283 e. The molecule has 1 saturated heterocycles. The van der Waals surface area contributed by atoms with Crippen LogP contribution in [0, 0.1) is 6.92 Å². The number of nitrogens with zero attached hydrogens (tertiary/aromatic N) is 4. The smallest absolute Gasteiger partial charge is 0.283 e. The fourth-order valence-corrected chi connectivity index (χ4v) is 5.44. The number of aryl methyl sites for hydroxylation is 1. The molecule has 1 aromatic heterocycles. The summed E-state index contributed by atoms with van der Waals surface area (Å²) in [6, 6.07) is 13.3. The van der Waals surface area contributed by atoms with E-state index < -0.39 is 10.0 Å². The Morgan fingerprint density at radius 1 is 1.03 bits per heavy atom. The lowest BCUT2D eigenvalue weighted by atomic mass is 10.1. The fourth-order valence-electron chi connectivity index (χ4n) is 3.27. The molecule has 4 rings (SSSR count). The molecule has 1 amide bonds. The predicted octanol–water partition coefficient (Wildman–Crippen LogP) is 3.81. The second-order valence-corrected chi connectivity index (χ2v) is 10.3. The van der Waals surface area contributed by atoms with Gasteiger partial charge >= 0.3 is 0 Å². The van der Waals surface area contributed by atoms with Gasteiger partial charge in [-0.25, -0.2) is 0 Å². The molecule has 1 aliphatic rings. The Hall–Kier alpha value is -2.49. The lowest BCUT2D eigenvalue weighted by Crippen LogP contribution is -2.38. The molecular formula is C21H21ClN4O3S2. The molecule has 1 fully saturated rings. The van der Waals surface area contributed by atoms with E-state index in [1.54, 1.807) is 41.3 Å². The van der Waals surface area contributed by atoms with Crippen LogP contribution in [0.25, 0.3) is 5.69 Å². The number of piperidine rings is 1. The van der Waals surface area contributed by atoms with E-state index in [1.807, 2.05) is 6.92 Å². The van der Waals surface area contributed by atoms with Gasteiger partial charge in [-0.1, -0.05) is 29.3 Å². The zero-order valence-corrected chi connectivity index (χ0v) is 19.3. The molecule has 0 unspecified atom stereocenters. The number of likely N-dealkylation sites (tertiary alicyclic amines) is 1. The van der Waals surface area contributed by atoms with Crippen LogP contribution in [0.3, 0.4) is 0 Å². The third-order valence-corrected chi connectivity index (χ3v) is 7.56. The zero-order chi connectivity index (χ0) is 22.0. The van der Waals surface area contributed by atoms with Crippen LogP contribution >= 0.6 is 23.1 Å². The summed E-state index contributed by atoms with van der Waals surface area (Å²) in [4.78, 5) is 14.9. The van der Waals surface area contributed by atoms with Crippen LogP contribution in [0.15, 0.2) is 57.8 Å². The van der Waals surface area contributed by atoms with Gasteiger partial charge in [-0.3, -0.25) is 4.79 Å². The van der Waals surface area contributed by atoms with Crippen molar-refractivity contribution in [3.8, 4) is 5.69 Å². The van der Waals surface area contributed by atoms with Crippen molar-refractivity contribution < 1.29 is 13.2 Å². The van der Waals surface area contributed by atoms with Crippen molar-refractivity contribution in [1.29, 1.82) is 0 Å². The summed E-state index contributed by atoms with van der Waals surface area (Å²) < 4.78 is 31.4. The second-order valence-electron chi connectivity index (χ2n) is 7.33. The molecule has 162 valence electrons. The molecule has 31 heavy (non-hydrogen) atoms. The summed E-state index contributed by atoms with van der Waals surface area (Å²) in [6.07, 6.45) is 2.91. The van der Waals surface area contributed by atoms with E-state index in [4.69, 9.17) is 11.6 Å². The van der Waals surface area contributed by atoms with E-state index in [2.05, 4.69) is 9.50 Å². The van der Waals surface area contributed by atoms with Crippen molar-refractivity contribution in [3.05, 3.63) is 69.5 Å². The van der Waals surface area contributed by atoms with Crippen molar-refractivity contribution in [1.82, 2.24) is 14.1 Å².